The van der Waals surface area contributed by atoms with Gasteiger partial charge in [-0.1, -0.05) is 43.6 Å². The number of anilines is 1. The summed E-state index contributed by atoms with van der Waals surface area (Å²) < 4.78 is 26.4. The number of thiophene rings is 1. The highest BCUT2D eigenvalue weighted by molar-refractivity contribution is 7.91. The summed E-state index contributed by atoms with van der Waals surface area (Å²) in [4.78, 5) is 12.2. The summed E-state index contributed by atoms with van der Waals surface area (Å²) in [5.41, 5.74) is 0.972. The van der Waals surface area contributed by atoms with Crippen LogP contribution in [0, 0.1) is 5.92 Å². The van der Waals surface area contributed by atoms with Gasteiger partial charge in [0.15, 0.2) is 0 Å². The van der Waals surface area contributed by atoms with E-state index in [9.17, 15) is 13.2 Å². The molecule has 0 bridgehead atoms. The van der Waals surface area contributed by atoms with E-state index in [0.717, 1.165) is 21.3 Å². The zero-order chi connectivity index (χ0) is 20.0. The van der Waals surface area contributed by atoms with Crippen molar-refractivity contribution in [1.29, 1.82) is 0 Å². The van der Waals surface area contributed by atoms with Crippen molar-refractivity contribution in [3.05, 3.63) is 46.8 Å². The fourth-order valence-corrected chi connectivity index (χ4v) is 5.18. The molecular formula is C18H24ClN3O3S2. The Hall–Kier alpha value is -1.61. The Balaban J connectivity index is 1.91. The molecule has 0 saturated heterocycles. The Morgan fingerprint density at radius 1 is 1.19 bits per heavy atom. The Bertz CT molecular complexity index is 854. The molecule has 1 aromatic carbocycles. The van der Waals surface area contributed by atoms with Gasteiger partial charge in [-0.05, 0) is 30.2 Å². The Labute approximate surface area is 169 Å². The van der Waals surface area contributed by atoms with Gasteiger partial charge < -0.3 is 10.6 Å². The third kappa shape index (κ3) is 6.21. The van der Waals surface area contributed by atoms with E-state index in [1.165, 1.54) is 19.2 Å². The lowest BCUT2D eigenvalue weighted by molar-refractivity contribution is -0.121. The number of hydrogen-bond acceptors (Lipinski definition) is 5. The molecule has 0 radical (unpaired) electrons. The molecule has 1 unspecified atom stereocenters. The summed E-state index contributed by atoms with van der Waals surface area (Å²) in [7, 11) is -2.35. The van der Waals surface area contributed by atoms with E-state index in [1.807, 2.05) is 30.3 Å². The second-order valence-electron chi connectivity index (χ2n) is 6.48. The van der Waals surface area contributed by atoms with Crippen molar-refractivity contribution in [2.45, 2.75) is 24.1 Å². The first-order valence-electron chi connectivity index (χ1n) is 8.50. The largest absolute Gasteiger partial charge is 0.380 e. The maximum atomic E-state index is 12.5. The molecule has 0 aliphatic rings. The van der Waals surface area contributed by atoms with Crippen LogP contribution in [0.3, 0.4) is 0 Å². The Morgan fingerprint density at radius 2 is 1.85 bits per heavy atom. The van der Waals surface area contributed by atoms with E-state index in [2.05, 4.69) is 24.5 Å². The van der Waals surface area contributed by atoms with Crippen LogP contribution in [-0.2, 0) is 14.8 Å². The molecule has 0 aliphatic carbocycles. The van der Waals surface area contributed by atoms with Gasteiger partial charge in [0.1, 0.15) is 4.21 Å². The van der Waals surface area contributed by atoms with E-state index in [-0.39, 0.29) is 28.6 Å². The van der Waals surface area contributed by atoms with Gasteiger partial charge in [-0.3, -0.25) is 4.79 Å². The van der Waals surface area contributed by atoms with Gasteiger partial charge in [0.2, 0.25) is 5.91 Å². The first-order chi connectivity index (χ1) is 12.7. The molecule has 1 aromatic heterocycles. The molecule has 2 N–H and O–H groups in total. The van der Waals surface area contributed by atoms with Gasteiger partial charge in [0.05, 0.1) is 10.9 Å². The summed E-state index contributed by atoms with van der Waals surface area (Å²) in [5, 5.41) is 6.20. The molecule has 0 spiro atoms. The number of sulfonamides is 1. The van der Waals surface area contributed by atoms with Crippen molar-refractivity contribution in [3.8, 4) is 0 Å². The van der Waals surface area contributed by atoms with Crippen molar-refractivity contribution < 1.29 is 13.2 Å². The molecule has 6 nitrogen and oxygen atoms in total. The number of amides is 1. The number of carbonyl (C=O) groups excluding carboxylic acids is 1. The molecule has 1 heterocycles. The number of para-hydroxylation sites is 1. The number of carbonyl (C=O) groups is 1. The van der Waals surface area contributed by atoms with E-state index in [1.54, 1.807) is 0 Å². The fourth-order valence-electron chi connectivity index (χ4n) is 2.36. The van der Waals surface area contributed by atoms with Crippen molar-refractivity contribution in [2.75, 3.05) is 25.5 Å². The lowest BCUT2D eigenvalue weighted by atomic mass is 10.0. The van der Waals surface area contributed by atoms with Crippen LogP contribution in [-0.4, -0.2) is 44.8 Å². The molecule has 9 heteroatoms. The van der Waals surface area contributed by atoms with Gasteiger partial charge in [0, 0.05) is 25.3 Å². The average Bonchev–Trinajstić information content (AvgIpc) is 3.06. The number of likely N-dealkylation sites (N-methyl/N-ethyl adjacent to an activating group) is 1. The zero-order valence-electron chi connectivity index (χ0n) is 15.5. The third-order valence-corrected chi connectivity index (χ3v) is 7.53. The fraction of sp³-hybridized carbons (Fsp3) is 0.389. The number of halogens is 1. The standard InChI is InChI=1S/C18H24ClN3O3S2/c1-13(2)15(21-14-7-5-4-6-8-14)11-20-17(23)12-22(3)27(24,25)18-10-9-16(19)26-18/h4-10,13,15,21H,11-12H2,1-3H3,(H,20,23). The van der Waals surface area contributed by atoms with Crippen molar-refractivity contribution in [3.63, 3.8) is 0 Å². The number of nitrogens with zero attached hydrogens (tertiary/aromatic N) is 1. The highest BCUT2D eigenvalue weighted by atomic mass is 35.5. The number of hydrogen-bond donors (Lipinski definition) is 2. The lowest BCUT2D eigenvalue weighted by Gasteiger charge is -2.24. The van der Waals surface area contributed by atoms with E-state index >= 15 is 0 Å². The predicted octanol–water partition coefficient (Wildman–Crippen LogP) is 3.27. The van der Waals surface area contributed by atoms with Gasteiger partial charge in [-0.2, -0.15) is 4.31 Å². The highest BCUT2D eigenvalue weighted by Gasteiger charge is 2.25. The average molecular weight is 430 g/mol. The minimum absolute atomic E-state index is 0.0226. The van der Waals surface area contributed by atoms with Gasteiger partial charge in [-0.25, -0.2) is 8.42 Å². The second-order valence-corrected chi connectivity index (χ2v) is 10.5. The van der Waals surface area contributed by atoms with Crippen LogP contribution in [0.5, 0.6) is 0 Å². The van der Waals surface area contributed by atoms with Crippen LogP contribution in [0.4, 0.5) is 5.69 Å². The normalized spacial score (nSPS) is 13.0. The van der Waals surface area contributed by atoms with E-state index < -0.39 is 10.0 Å². The van der Waals surface area contributed by atoms with E-state index in [0.29, 0.717) is 10.9 Å². The minimum atomic E-state index is -3.73. The monoisotopic (exact) mass is 429 g/mol. The molecule has 0 saturated carbocycles. The lowest BCUT2D eigenvalue weighted by Crippen LogP contribution is -2.44. The summed E-state index contributed by atoms with van der Waals surface area (Å²) in [6.45, 7) is 4.26. The minimum Gasteiger partial charge on any atom is -0.380 e. The van der Waals surface area contributed by atoms with E-state index in [4.69, 9.17) is 11.6 Å². The Kier molecular flexibility index (Phi) is 7.67. The number of rotatable bonds is 9. The second kappa shape index (κ2) is 9.54. The van der Waals surface area contributed by atoms with Crippen LogP contribution in [0.15, 0.2) is 46.7 Å². The number of benzene rings is 1. The molecule has 2 rings (SSSR count). The SMILES string of the molecule is CC(C)C(CNC(=O)CN(C)S(=O)(=O)c1ccc(Cl)s1)Nc1ccccc1. The topological polar surface area (TPSA) is 78.5 Å². The maximum Gasteiger partial charge on any atom is 0.252 e. The molecule has 1 atom stereocenters. The molecule has 2 aromatic rings. The molecule has 0 aliphatic heterocycles. The zero-order valence-corrected chi connectivity index (χ0v) is 17.9. The van der Waals surface area contributed by atoms with Gasteiger partial charge >= 0.3 is 0 Å². The summed E-state index contributed by atoms with van der Waals surface area (Å²) in [6.07, 6.45) is 0. The van der Waals surface area contributed by atoms with Crippen LogP contribution in [0.25, 0.3) is 0 Å². The maximum absolute atomic E-state index is 12.5. The molecule has 0 fully saturated rings. The van der Waals surface area contributed by atoms with Crippen LogP contribution in [0.1, 0.15) is 13.8 Å². The van der Waals surface area contributed by atoms with Crippen LogP contribution < -0.4 is 10.6 Å². The molecule has 1 amide bonds. The van der Waals surface area contributed by atoms with Gasteiger partial charge in [-0.15, -0.1) is 11.3 Å². The summed E-state index contributed by atoms with van der Waals surface area (Å²) >= 11 is 6.77. The smallest absolute Gasteiger partial charge is 0.252 e. The first-order valence-corrected chi connectivity index (χ1v) is 11.1. The highest BCUT2D eigenvalue weighted by Crippen LogP contribution is 2.27. The van der Waals surface area contributed by atoms with Crippen molar-refractivity contribution in [2.24, 2.45) is 5.92 Å². The summed E-state index contributed by atoms with van der Waals surface area (Å²) in [5.74, 6) is -0.0792. The quantitative estimate of drug-likeness (QED) is 0.641. The third-order valence-electron chi connectivity index (χ3n) is 4.03. The Morgan fingerprint density at radius 3 is 2.41 bits per heavy atom. The van der Waals surface area contributed by atoms with Crippen molar-refractivity contribution in [1.82, 2.24) is 9.62 Å². The first kappa shape index (κ1) is 21.7. The summed E-state index contributed by atoms with van der Waals surface area (Å²) in [6, 6.07) is 12.7. The predicted molar refractivity (Wildman–Crippen MR) is 111 cm³/mol. The van der Waals surface area contributed by atoms with Gasteiger partial charge in [0.25, 0.3) is 10.0 Å². The molecular weight excluding hydrogens is 406 g/mol. The van der Waals surface area contributed by atoms with Crippen molar-refractivity contribution >= 4 is 44.6 Å². The van der Waals surface area contributed by atoms with Crippen LogP contribution >= 0.6 is 22.9 Å². The molecule has 148 valence electrons. The number of nitrogens with one attached hydrogen (secondary N) is 2. The van der Waals surface area contributed by atoms with Crippen LogP contribution in [0.2, 0.25) is 4.34 Å². The molecule has 27 heavy (non-hydrogen) atoms.